The number of ether oxygens (including phenoxy) is 2. The van der Waals surface area contributed by atoms with Gasteiger partial charge in [0.2, 0.25) is 5.91 Å². The molecule has 5 nitrogen and oxygen atoms in total. The quantitative estimate of drug-likeness (QED) is 0.619. The summed E-state index contributed by atoms with van der Waals surface area (Å²) in [5.74, 6) is 0.863. The van der Waals surface area contributed by atoms with Gasteiger partial charge in [0.1, 0.15) is 16.9 Å². The summed E-state index contributed by atoms with van der Waals surface area (Å²) < 4.78 is 10.6. The van der Waals surface area contributed by atoms with Crippen LogP contribution in [0.4, 0.5) is 5.69 Å². The summed E-state index contributed by atoms with van der Waals surface area (Å²) in [6.07, 6.45) is 0.471. The molecule has 0 bridgehead atoms. The summed E-state index contributed by atoms with van der Waals surface area (Å²) in [6, 6.07) is 14.3. The second-order valence-corrected chi connectivity index (χ2v) is 6.30. The first-order valence-corrected chi connectivity index (χ1v) is 8.14. The Hall–Kier alpha value is -2.82. The number of carbonyl (C=O) groups excluding carboxylic acids is 2. The molecule has 1 saturated heterocycles. The summed E-state index contributed by atoms with van der Waals surface area (Å²) in [5, 5.41) is 0. The van der Waals surface area contributed by atoms with E-state index in [1.165, 1.54) is 0 Å². The average molecular weight is 339 g/mol. The van der Waals surface area contributed by atoms with Crippen LogP contribution >= 0.6 is 0 Å². The van der Waals surface area contributed by atoms with E-state index in [-0.39, 0.29) is 11.7 Å². The van der Waals surface area contributed by atoms with Crippen molar-refractivity contribution in [1.29, 1.82) is 0 Å². The third-order valence-electron chi connectivity index (χ3n) is 4.74. The maximum absolute atomic E-state index is 13.1. The Bertz CT molecular complexity index is 780. The highest BCUT2D eigenvalue weighted by Gasteiger charge is 2.49. The fraction of sp³-hybridized carbons (Fsp3) is 0.300. The Kier molecular flexibility index (Phi) is 4.49. The molecule has 0 aliphatic carbocycles. The van der Waals surface area contributed by atoms with Crippen molar-refractivity contribution in [3.63, 3.8) is 0 Å². The van der Waals surface area contributed by atoms with E-state index in [1.807, 2.05) is 6.07 Å². The van der Waals surface area contributed by atoms with Gasteiger partial charge in [0.15, 0.2) is 5.78 Å². The van der Waals surface area contributed by atoms with E-state index in [0.29, 0.717) is 35.7 Å². The number of ketones is 1. The second kappa shape index (κ2) is 6.59. The number of methoxy groups -OCH3 is 2. The smallest absolute Gasteiger partial charge is 0.240 e. The largest absolute Gasteiger partial charge is 0.497 e. The number of nitrogens with zero attached hydrogens (tertiary/aromatic N) is 1. The SMILES string of the molecule is COc1cc(OC)cc(N2CC[C@@](C)(C(=O)c3ccccc3)C2=O)c1. The van der Waals surface area contributed by atoms with Crippen LogP contribution in [0.2, 0.25) is 0 Å². The van der Waals surface area contributed by atoms with E-state index in [4.69, 9.17) is 9.47 Å². The maximum Gasteiger partial charge on any atom is 0.240 e. The van der Waals surface area contributed by atoms with Crippen molar-refractivity contribution in [1.82, 2.24) is 0 Å². The molecular weight excluding hydrogens is 318 g/mol. The van der Waals surface area contributed by atoms with Crippen molar-refractivity contribution in [2.45, 2.75) is 13.3 Å². The minimum Gasteiger partial charge on any atom is -0.497 e. The lowest BCUT2D eigenvalue weighted by atomic mass is 9.81. The van der Waals surface area contributed by atoms with Crippen molar-refractivity contribution in [3.05, 3.63) is 54.1 Å². The van der Waals surface area contributed by atoms with Gasteiger partial charge in [-0.05, 0) is 13.3 Å². The molecule has 2 aromatic carbocycles. The van der Waals surface area contributed by atoms with E-state index < -0.39 is 5.41 Å². The molecule has 1 fully saturated rings. The molecule has 1 heterocycles. The summed E-state index contributed by atoms with van der Waals surface area (Å²) in [6.45, 7) is 2.20. The number of Topliss-reactive ketones (excluding diaryl/α,β-unsaturated/α-hetero) is 1. The number of rotatable bonds is 5. The minimum atomic E-state index is -1.06. The van der Waals surface area contributed by atoms with Crippen LogP contribution in [-0.2, 0) is 4.79 Å². The number of amides is 1. The highest BCUT2D eigenvalue weighted by molar-refractivity contribution is 6.19. The first-order chi connectivity index (χ1) is 12.0. The average Bonchev–Trinajstić information content (AvgIpc) is 2.97. The standard InChI is InChI=1S/C20H21NO4/c1-20(18(22)14-7-5-4-6-8-14)9-10-21(19(20)23)15-11-16(24-2)13-17(12-15)25-3/h4-8,11-13H,9-10H2,1-3H3/t20-/m0/s1. The maximum atomic E-state index is 13.1. The highest BCUT2D eigenvalue weighted by atomic mass is 16.5. The molecule has 3 rings (SSSR count). The van der Waals surface area contributed by atoms with Crippen molar-refractivity contribution in [2.24, 2.45) is 5.41 Å². The number of carbonyl (C=O) groups is 2. The Morgan fingerprint density at radius 1 is 1.04 bits per heavy atom. The predicted octanol–water partition coefficient (Wildman–Crippen LogP) is 3.33. The number of benzene rings is 2. The number of hydrogen-bond acceptors (Lipinski definition) is 4. The van der Waals surface area contributed by atoms with Gasteiger partial charge in [-0.15, -0.1) is 0 Å². The molecule has 0 N–H and O–H groups in total. The number of anilines is 1. The van der Waals surface area contributed by atoms with Gasteiger partial charge in [0, 0.05) is 30.3 Å². The molecule has 5 heteroatoms. The lowest BCUT2D eigenvalue weighted by Gasteiger charge is -2.23. The van der Waals surface area contributed by atoms with Gasteiger partial charge in [0.05, 0.1) is 19.9 Å². The molecule has 2 aromatic rings. The van der Waals surface area contributed by atoms with Gasteiger partial charge in [-0.2, -0.15) is 0 Å². The van der Waals surface area contributed by atoms with Crippen LogP contribution in [0.1, 0.15) is 23.7 Å². The topological polar surface area (TPSA) is 55.8 Å². The molecular formula is C20H21NO4. The molecule has 1 aliphatic rings. The molecule has 1 atom stereocenters. The van der Waals surface area contributed by atoms with Crippen LogP contribution in [0.5, 0.6) is 11.5 Å². The second-order valence-electron chi connectivity index (χ2n) is 6.30. The Morgan fingerprint density at radius 3 is 2.20 bits per heavy atom. The molecule has 0 aromatic heterocycles. The Morgan fingerprint density at radius 2 is 1.64 bits per heavy atom. The van der Waals surface area contributed by atoms with E-state index in [9.17, 15) is 9.59 Å². The molecule has 1 amide bonds. The lowest BCUT2D eigenvalue weighted by molar-refractivity contribution is -0.122. The van der Waals surface area contributed by atoms with Gasteiger partial charge >= 0.3 is 0 Å². The van der Waals surface area contributed by atoms with Crippen molar-refractivity contribution >= 4 is 17.4 Å². The fourth-order valence-corrected chi connectivity index (χ4v) is 3.16. The summed E-state index contributed by atoms with van der Waals surface area (Å²) in [7, 11) is 3.13. The van der Waals surface area contributed by atoms with Crippen LogP contribution in [0.3, 0.4) is 0 Å². The van der Waals surface area contributed by atoms with Crippen LogP contribution in [-0.4, -0.2) is 32.5 Å². The summed E-state index contributed by atoms with van der Waals surface area (Å²) in [5.41, 5.74) is 0.173. The fourth-order valence-electron chi connectivity index (χ4n) is 3.16. The van der Waals surface area contributed by atoms with Crippen LogP contribution in [0.25, 0.3) is 0 Å². The molecule has 0 radical (unpaired) electrons. The van der Waals surface area contributed by atoms with Crippen molar-refractivity contribution in [2.75, 3.05) is 25.7 Å². The normalized spacial score (nSPS) is 19.8. The van der Waals surface area contributed by atoms with Crippen molar-refractivity contribution in [3.8, 4) is 11.5 Å². The molecule has 1 aliphatic heterocycles. The summed E-state index contributed by atoms with van der Waals surface area (Å²) >= 11 is 0. The Labute approximate surface area is 147 Å². The molecule has 0 spiro atoms. The van der Waals surface area contributed by atoms with E-state index >= 15 is 0 Å². The van der Waals surface area contributed by atoms with Gasteiger partial charge in [0.25, 0.3) is 0 Å². The zero-order valence-electron chi connectivity index (χ0n) is 14.6. The number of hydrogen-bond donors (Lipinski definition) is 0. The Balaban J connectivity index is 1.93. The van der Waals surface area contributed by atoms with E-state index in [1.54, 1.807) is 68.5 Å². The highest BCUT2D eigenvalue weighted by Crippen LogP contribution is 2.39. The summed E-state index contributed by atoms with van der Waals surface area (Å²) in [4.78, 5) is 27.6. The van der Waals surface area contributed by atoms with Gasteiger partial charge in [-0.3, -0.25) is 9.59 Å². The van der Waals surface area contributed by atoms with E-state index in [0.717, 1.165) is 0 Å². The molecule has 0 unspecified atom stereocenters. The van der Waals surface area contributed by atoms with Gasteiger partial charge in [-0.25, -0.2) is 0 Å². The minimum absolute atomic E-state index is 0.143. The first-order valence-electron chi connectivity index (χ1n) is 8.14. The lowest BCUT2D eigenvalue weighted by Crippen LogP contribution is -2.38. The molecule has 25 heavy (non-hydrogen) atoms. The van der Waals surface area contributed by atoms with Gasteiger partial charge in [-0.1, -0.05) is 30.3 Å². The van der Waals surface area contributed by atoms with Crippen LogP contribution in [0, 0.1) is 5.41 Å². The molecule has 130 valence electrons. The third-order valence-corrected chi connectivity index (χ3v) is 4.74. The third kappa shape index (κ3) is 2.97. The zero-order chi connectivity index (χ0) is 18.0. The van der Waals surface area contributed by atoms with E-state index in [2.05, 4.69) is 0 Å². The van der Waals surface area contributed by atoms with Gasteiger partial charge < -0.3 is 14.4 Å². The zero-order valence-corrected chi connectivity index (χ0v) is 14.6. The first kappa shape index (κ1) is 17.0. The predicted molar refractivity (Wildman–Crippen MR) is 95.4 cm³/mol. The molecule has 0 saturated carbocycles. The van der Waals surface area contributed by atoms with Crippen LogP contribution in [0.15, 0.2) is 48.5 Å². The van der Waals surface area contributed by atoms with Crippen LogP contribution < -0.4 is 14.4 Å². The van der Waals surface area contributed by atoms with Crippen molar-refractivity contribution < 1.29 is 19.1 Å². The monoisotopic (exact) mass is 339 g/mol.